The van der Waals surface area contributed by atoms with E-state index in [1.54, 1.807) is 29.5 Å². The molecule has 0 fully saturated rings. The predicted molar refractivity (Wildman–Crippen MR) is 84.4 cm³/mol. The van der Waals surface area contributed by atoms with Crippen LogP contribution in [0.5, 0.6) is 0 Å². The first-order valence-corrected chi connectivity index (χ1v) is 7.41. The summed E-state index contributed by atoms with van der Waals surface area (Å²) in [6.45, 7) is 2.03. The van der Waals surface area contributed by atoms with Gasteiger partial charge < -0.3 is 10.3 Å². The Kier molecular flexibility index (Phi) is 3.46. The highest BCUT2D eigenvalue weighted by Gasteiger charge is 2.22. The summed E-state index contributed by atoms with van der Waals surface area (Å²) in [5, 5.41) is 5.08. The topological polar surface area (TPSA) is 52.0 Å². The fraction of sp³-hybridized carbons (Fsp3) is 0.0714. The molecular weight excluding hydrogens is 315 g/mol. The van der Waals surface area contributed by atoms with Crippen molar-refractivity contribution >= 4 is 40.4 Å². The lowest BCUT2D eigenvalue weighted by Crippen LogP contribution is -1.89. The smallest absolute Gasteiger partial charge is 0.230 e. The van der Waals surface area contributed by atoms with E-state index in [0.717, 1.165) is 4.88 Å². The van der Waals surface area contributed by atoms with E-state index in [-0.39, 0.29) is 5.88 Å². The van der Waals surface area contributed by atoms with Crippen LogP contribution in [0.25, 0.3) is 21.7 Å². The Labute approximate surface area is 129 Å². The molecule has 3 aromatic rings. The summed E-state index contributed by atoms with van der Waals surface area (Å²) in [6.07, 6.45) is 0. The molecule has 0 aliphatic carbocycles. The Bertz CT molecular complexity index is 759. The Morgan fingerprint density at radius 2 is 1.80 bits per heavy atom. The fourth-order valence-corrected chi connectivity index (χ4v) is 3.45. The standard InChI is InChI=1S/C14H10Cl2N2OS/c1-7-5-6-10(20-7)13-12(14(17)19-18-13)11-8(15)3-2-4-9(11)16/h2-6H,17H2,1H3. The fourth-order valence-electron chi connectivity index (χ4n) is 2.01. The number of hydrogen-bond acceptors (Lipinski definition) is 4. The molecule has 0 saturated carbocycles. The zero-order valence-corrected chi connectivity index (χ0v) is 12.8. The Balaban J connectivity index is 2.27. The number of anilines is 1. The van der Waals surface area contributed by atoms with Crippen LogP contribution in [-0.2, 0) is 0 Å². The molecule has 102 valence electrons. The minimum absolute atomic E-state index is 0.209. The number of aryl methyl sites for hydroxylation is 1. The molecule has 0 spiro atoms. The number of nitrogen functional groups attached to an aromatic ring is 1. The van der Waals surface area contributed by atoms with E-state index < -0.39 is 0 Å². The van der Waals surface area contributed by atoms with Gasteiger partial charge in [0.1, 0.15) is 5.69 Å². The number of halogens is 2. The second-order valence-electron chi connectivity index (χ2n) is 4.28. The highest BCUT2D eigenvalue weighted by molar-refractivity contribution is 7.15. The minimum atomic E-state index is 0.209. The summed E-state index contributed by atoms with van der Waals surface area (Å²) in [5.41, 5.74) is 7.87. The lowest BCUT2D eigenvalue weighted by atomic mass is 10.0. The average molecular weight is 325 g/mol. The number of thiophene rings is 1. The molecule has 0 bridgehead atoms. The van der Waals surface area contributed by atoms with Gasteiger partial charge in [-0.1, -0.05) is 34.4 Å². The lowest BCUT2D eigenvalue weighted by molar-refractivity contribution is 0.439. The first-order chi connectivity index (χ1) is 9.58. The van der Waals surface area contributed by atoms with Crippen molar-refractivity contribution in [3.63, 3.8) is 0 Å². The maximum Gasteiger partial charge on any atom is 0.230 e. The normalized spacial score (nSPS) is 10.9. The molecule has 6 heteroatoms. The van der Waals surface area contributed by atoms with Crippen molar-refractivity contribution in [1.82, 2.24) is 5.16 Å². The summed E-state index contributed by atoms with van der Waals surface area (Å²) in [4.78, 5) is 2.15. The minimum Gasteiger partial charge on any atom is -0.367 e. The summed E-state index contributed by atoms with van der Waals surface area (Å²) in [6, 6.07) is 9.30. The summed E-state index contributed by atoms with van der Waals surface area (Å²) < 4.78 is 5.14. The third-order valence-corrected chi connectivity index (χ3v) is 4.54. The van der Waals surface area contributed by atoms with Gasteiger partial charge in [0, 0.05) is 10.4 Å². The molecule has 0 unspecified atom stereocenters. The zero-order valence-electron chi connectivity index (χ0n) is 10.5. The van der Waals surface area contributed by atoms with Gasteiger partial charge in [-0.15, -0.1) is 11.3 Å². The van der Waals surface area contributed by atoms with Gasteiger partial charge in [0.15, 0.2) is 0 Å². The third kappa shape index (κ3) is 2.20. The highest BCUT2D eigenvalue weighted by atomic mass is 35.5. The lowest BCUT2D eigenvalue weighted by Gasteiger charge is -2.06. The van der Waals surface area contributed by atoms with Crippen LogP contribution in [-0.4, -0.2) is 5.16 Å². The van der Waals surface area contributed by atoms with Crippen molar-refractivity contribution in [1.29, 1.82) is 0 Å². The van der Waals surface area contributed by atoms with Gasteiger partial charge >= 0.3 is 0 Å². The van der Waals surface area contributed by atoms with Crippen molar-refractivity contribution in [2.45, 2.75) is 6.92 Å². The van der Waals surface area contributed by atoms with Gasteiger partial charge in [0.05, 0.1) is 20.5 Å². The molecule has 0 radical (unpaired) electrons. The number of rotatable bonds is 2. The number of nitrogens with zero attached hydrogens (tertiary/aromatic N) is 1. The molecule has 3 nitrogen and oxygen atoms in total. The van der Waals surface area contributed by atoms with Gasteiger partial charge in [0.2, 0.25) is 5.88 Å². The first-order valence-electron chi connectivity index (χ1n) is 5.84. The first kappa shape index (κ1) is 13.5. The van der Waals surface area contributed by atoms with Gasteiger partial charge in [-0.2, -0.15) is 0 Å². The van der Waals surface area contributed by atoms with Crippen molar-refractivity contribution < 1.29 is 4.52 Å². The molecule has 0 atom stereocenters. The quantitative estimate of drug-likeness (QED) is 0.698. The molecule has 0 aliphatic heterocycles. The van der Waals surface area contributed by atoms with Crippen LogP contribution in [0.2, 0.25) is 10.0 Å². The van der Waals surface area contributed by atoms with Gasteiger partial charge in [-0.05, 0) is 31.2 Å². The van der Waals surface area contributed by atoms with E-state index in [4.69, 9.17) is 33.5 Å². The third-order valence-electron chi connectivity index (χ3n) is 2.90. The molecular formula is C14H10Cl2N2OS. The van der Waals surface area contributed by atoms with Crippen LogP contribution in [0, 0.1) is 6.92 Å². The van der Waals surface area contributed by atoms with Crippen LogP contribution in [0.1, 0.15) is 4.88 Å². The van der Waals surface area contributed by atoms with Crippen LogP contribution in [0.3, 0.4) is 0 Å². The maximum atomic E-state index is 6.25. The Hall–Kier alpha value is -1.49. The molecule has 2 aromatic heterocycles. The molecule has 20 heavy (non-hydrogen) atoms. The van der Waals surface area contributed by atoms with Crippen LogP contribution in [0.4, 0.5) is 5.88 Å². The van der Waals surface area contributed by atoms with E-state index in [0.29, 0.717) is 26.9 Å². The van der Waals surface area contributed by atoms with Crippen molar-refractivity contribution in [3.8, 4) is 21.7 Å². The van der Waals surface area contributed by atoms with Crippen LogP contribution in [0.15, 0.2) is 34.9 Å². The summed E-state index contributed by atoms with van der Waals surface area (Å²) in [5.74, 6) is 0.209. The molecule has 0 amide bonds. The van der Waals surface area contributed by atoms with Crippen molar-refractivity contribution in [2.75, 3.05) is 5.73 Å². The second-order valence-corrected chi connectivity index (χ2v) is 6.38. The number of hydrogen-bond donors (Lipinski definition) is 1. The largest absolute Gasteiger partial charge is 0.367 e. The second kappa shape index (κ2) is 5.13. The Morgan fingerprint density at radius 1 is 1.10 bits per heavy atom. The number of nitrogens with two attached hydrogens (primary N) is 1. The highest BCUT2D eigenvalue weighted by Crippen LogP contribution is 2.44. The van der Waals surface area contributed by atoms with Gasteiger partial charge in [0.25, 0.3) is 0 Å². The molecule has 3 rings (SSSR count). The van der Waals surface area contributed by atoms with E-state index in [1.807, 2.05) is 19.1 Å². The Morgan fingerprint density at radius 3 is 2.40 bits per heavy atom. The molecule has 2 heterocycles. The molecule has 0 aliphatic rings. The van der Waals surface area contributed by atoms with E-state index in [9.17, 15) is 0 Å². The van der Waals surface area contributed by atoms with Crippen molar-refractivity contribution in [3.05, 3.63) is 45.3 Å². The summed E-state index contributed by atoms with van der Waals surface area (Å²) >= 11 is 14.1. The van der Waals surface area contributed by atoms with Crippen LogP contribution < -0.4 is 5.73 Å². The van der Waals surface area contributed by atoms with E-state index in [1.165, 1.54) is 4.88 Å². The predicted octanol–water partition coefficient (Wildman–Crippen LogP) is 5.27. The van der Waals surface area contributed by atoms with Crippen molar-refractivity contribution in [2.24, 2.45) is 0 Å². The number of aromatic nitrogens is 1. The van der Waals surface area contributed by atoms with Crippen LogP contribution >= 0.6 is 34.5 Å². The van der Waals surface area contributed by atoms with E-state index >= 15 is 0 Å². The zero-order chi connectivity index (χ0) is 14.3. The molecule has 1 aromatic carbocycles. The monoisotopic (exact) mass is 324 g/mol. The van der Waals surface area contributed by atoms with Gasteiger partial charge in [-0.3, -0.25) is 0 Å². The molecule has 2 N–H and O–H groups in total. The summed E-state index contributed by atoms with van der Waals surface area (Å²) in [7, 11) is 0. The van der Waals surface area contributed by atoms with E-state index in [2.05, 4.69) is 5.16 Å². The molecule has 0 saturated heterocycles. The average Bonchev–Trinajstić information content (AvgIpc) is 2.97. The maximum absolute atomic E-state index is 6.25. The number of benzene rings is 1. The SMILES string of the molecule is Cc1ccc(-c2noc(N)c2-c2c(Cl)cccc2Cl)s1. The van der Waals surface area contributed by atoms with Gasteiger partial charge in [-0.25, -0.2) is 0 Å².